The maximum Gasteiger partial charge on any atom is 0.165 e. The topological polar surface area (TPSA) is 38.7 Å². The molecule has 0 amide bonds. The predicted molar refractivity (Wildman–Crippen MR) is 50.4 cm³/mol. The van der Waals surface area contributed by atoms with Crippen molar-refractivity contribution >= 4 is 0 Å². The molecule has 1 heterocycles. The summed E-state index contributed by atoms with van der Waals surface area (Å²) in [5.41, 5.74) is -0.299. The lowest BCUT2D eigenvalue weighted by Gasteiger charge is -2.34. The highest BCUT2D eigenvalue weighted by Gasteiger charge is 2.39. The summed E-state index contributed by atoms with van der Waals surface area (Å²) >= 11 is 0. The van der Waals surface area contributed by atoms with Gasteiger partial charge in [0.15, 0.2) is 6.29 Å². The molecule has 1 fully saturated rings. The van der Waals surface area contributed by atoms with E-state index < -0.39 is 0 Å². The molecule has 3 nitrogen and oxygen atoms in total. The molecule has 0 aromatic heterocycles. The molecule has 1 aliphatic heterocycles. The Bertz CT molecular complexity index is 150. The van der Waals surface area contributed by atoms with Gasteiger partial charge in [-0.15, -0.1) is 0 Å². The lowest BCUT2D eigenvalue weighted by Crippen LogP contribution is -2.41. The van der Waals surface area contributed by atoms with Gasteiger partial charge in [0.05, 0.1) is 19.3 Å². The van der Waals surface area contributed by atoms with Crippen molar-refractivity contribution in [2.24, 2.45) is 5.41 Å². The molecule has 1 aliphatic rings. The van der Waals surface area contributed by atoms with Crippen molar-refractivity contribution in [2.45, 2.75) is 46.0 Å². The Hall–Kier alpha value is -0.120. The van der Waals surface area contributed by atoms with Gasteiger partial charge in [-0.25, -0.2) is 0 Å². The minimum Gasteiger partial charge on any atom is -0.392 e. The molecule has 1 saturated heterocycles. The Balaban J connectivity index is 2.51. The maximum absolute atomic E-state index is 9.88. The fourth-order valence-corrected chi connectivity index (χ4v) is 1.59. The van der Waals surface area contributed by atoms with Crippen LogP contribution in [0.2, 0.25) is 0 Å². The van der Waals surface area contributed by atoms with Gasteiger partial charge in [0.1, 0.15) is 0 Å². The van der Waals surface area contributed by atoms with Crippen molar-refractivity contribution in [3.63, 3.8) is 0 Å². The highest BCUT2D eigenvalue weighted by molar-refractivity contribution is 4.82. The zero-order valence-electron chi connectivity index (χ0n) is 8.75. The Morgan fingerprint density at radius 1 is 1.38 bits per heavy atom. The molecular formula is C10H20O3. The third-order valence-corrected chi connectivity index (χ3v) is 2.65. The van der Waals surface area contributed by atoms with Crippen LogP contribution in [0.3, 0.4) is 0 Å². The van der Waals surface area contributed by atoms with Crippen molar-refractivity contribution < 1.29 is 14.6 Å². The molecule has 0 aromatic rings. The lowest BCUT2D eigenvalue weighted by molar-refractivity contribution is -0.160. The maximum atomic E-state index is 9.88. The normalized spacial score (nSPS) is 22.2. The second-order valence-corrected chi connectivity index (χ2v) is 4.20. The van der Waals surface area contributed by atoms with Crippen LogP contribution >= 0.6 is 0 Å². The lowest BCUT2D eigenvalue weighted by atomic mass is 9.83. The molecule has 3 heteroatoms. The second kappa shape index (κ2) is 4.40. The van der Waals surface area contributed by atoms with Gasteiger partial charge in [-0.2, -0.15) is 0 Å². The van der Waals surface area contributed by atoms with Crippen molar-refractivity contribution in [3.05, 3.63) is 0 Å². The van der Waals surface area contributed by atoms with Gasteiger partial charge in [-0.3, -0.25) is 0 Å². The SMILES string of the molecule is CCCC(O)C(C)(C)C1OCCO1. The van der Waals surface area contributed by atoms with Gasteiger partial charge in [0.25, 0.3) is 0 Å². The molecule has 78 valence electrons. The number of aliphatic hydroxyl groups is 1. The molecule has 0 spiro atoms. The Labute approximate surface area is 80.0 Å². The van der Waals surface area contributed by atoms with E-state index >= 15 is 0 Å². The molecule has 0 aliphatic carbocycles. The van der Waals surface area contributed by atoms with Crippen LogP contribution < -0.4 is 0 Å². The fraction of sp³-hybridized carbons (Fsp3) is 1.00. The van der Waals surface area contributed by atoms with E-state index in [4.69, 9.17) is 9.47 Å². The molecule has 1 atom stereocenters. The Morgan fingerprint density at radius 3 is 2.38 bits per heavy atom. The van der Waals surface area contributed by atoms with Crippen LogP contribution in [0.1, 0.15) is 33.6 Å². The van der Waals surface area contributed by atoms with E-state index in [1.54, 1.807) is 0 Å². The van der Waals surface area contributed by atoms with Crippen molar-refractivity contribution in [1.82, 2.24) is 0 Å². The number of hydrogen-bond acceptors (Lipinski definition) is 3. The Morgan fingerprint density at radius 2 is 1.92 bits per heavy atom. The van der Waals surface area contributed by atoms with Crippen LogP contribution in [0.5, 0.6) is 0 Å². The van der Waals surface area contributed by atoms with E-state index in [2.05, 4.69) is 6.92 Å². The number of aliphatic hydroxyl groups excluding tert-OH is 1. The fourth-order valence-electron chi connectivity index (χ4n) is 1.59. The first kappa shape index (κ1) is 11.0. The first-order valence-electron chi connectivity index (χ1n) is 5.00. The highest BCUT2D eigenvalue weighted by atomic mass is 16.7. The van der Waals surface area contributed by atoms with E-state index in [9.17, 15) is 5.11 Å². The minimum absolute atomic E-state index is 0.242. The van der Waals surface area contributed by atoms with E-state index in [1.165, 1.54) is 0 Å². The third-order valence-electron chi connectivity index (χ3n) is 2.65. The molecule has 1 N–H and O–H groups in total. The molecule has 0 bridgehead atoms. The summed E-state index contributed by atoms with van der Waals surface area (Å²) in [5.74, 6) is 0. The molecule has 0 aromatic carbocycles. The molecule has 0 radical (unpaired) electrons. The average molecular weight is 188 g/mol. The first-order valence-corrected chi connectivity index (χ1v) is 5.00. The van der Waals surface area contributed by atoms with E-state index in [1.807, 2.05) is 13.8 Å². The van der Waals surface area contributed by atoms with Crippen LogP contribution in [0.15, 0.2) is 0 Å². The summed E-state index contributed by atoms with van der Waals surface area (Å²) in [6.07, 6.45) is 1.20. The highest BCUT2D eigenvalue weighted by Crippen LogP contribution is 2.32. The first-order chi connectivity index (χ1) is 6.09. The largest absolute Gasteiger partial charge is 0.392 e. The van der Waals surface area contributed by atoms with Gasteiger partial charge in [-0.05, 0) is 6.42 Å². The monoisotopic (exact) mass is 188 g/mol. The van der Waals surface area contributed by atoms with Gasteiger partial charge < -0.3 is 14.6 Å². The molecule has 0 saturated carbocycles. The summed E-state index contributed by atoms with van der Waals surface area (Å²) in [6.45, 7) is 7.34. The van der Waals surface area contributed by atoms with Gasteiger partial charge in [0, 0.05) is 5.41 Å². The van der Waals surface area contributed by atoms with Gasteiger partial charge in [0.2, 0.25) is 0 Å². The van der Waals surface area contributed by atoms with Crippen LogP contribution in [-0.4, -0.2) is 30.7 Å². The van der Waals surface area contributed by atoms with Crippen molar-refractivity contribution in [2.75, 3.05) is 13.2 Å². The number of hydrogen-bond donors (Lipinski definition) is 1. The molecule has 13 heavy (non-hydrogen) atoms. The standard InChI is InChI=1S/C10H20O3/c1-4-5-8(11)10(2,3)9-12-6-7-13-9/h8-9,11H,4-7H2,1-3H3. The number of rotatable bonds is 4. The zero-order chi connectivity index (χ0) is 9.90. The van der Waals surface area contributed by atoms with E-state index in [-0.39, 0.29) is 17.8 Å². The molecule has 1 rings (SSSR count). The van der Waals surface area contributed by atoms with Crippen molar-refractivity contribution in [1.29, 1.82) is 0 Å². The number of ether oxygens (including phenoxy) is 2. The van der Waals surface area contributed by atoms with Crippen LogP contribution in [0.25, 0.3) is 0 Å². The van der Waals surface area contributed by atoms with Crippen LogP contribution in [0, 0.1) is 5.41 Å². The summed E-state index contributed by atoms with van der Waals surface area (Å²) in [4.78, 5) is 0. The Kier molecular flexibility index (Phi) is 3.71. The molecular weight excluding hydrogens is 168 g/mol. The summed E-state index contributed by atoms with van der Waals surface area (Å²) in [6, 6.07) is 0. The summed E-state index contributed by atoms with van der Waals surface area (Å²) in [7, 11) is 0. The summed E-state index contributed by atoms with van der Waals surface area (Å²) < 4.78 is 10.8. The third kappa shape index (κ3) is 2.42. The van der Waals surface area contributed by atoms with Crippen LogP contribution in [0.4, 0.5) is 0 Å². The van der Waals surface area contributed by atoms with E-state index in [0.717, 1.165) is 12.8 Å². The predicted octanol–water partition coefficient (Wildman–Crippen LogP) is 1.55. The van der Waals surface area contributed by atoms with E-state index in [0.29, 0.717) is 13.2 Å². The average Bonchev–Trinajstić information content (AvgIpc) is 2.56. The molecule has 1 unspecified atom stereocenters. The van der Waals surface area contributed by atoms with Crippen LogP contribution in [-0.2, 0) is 9.47 Å². The summed E-state index contributed by atoms with van der Waals surface area (Å²) in [5, 5.41) is 9.88. The van der Waals surface area contributed by atoms with Crippen molar-refractivity contribution in [3.8, 4) is 0 Å². The minimum atomic E-state index is -0.347. The quantitative estimate of drug-likeness (QED) is 0.727. The van der Waals surface area contributed by atoms with Gasteiger partial charge >= 0.3 is 0 Å². The van der Waals surface area contributed by atoms with Gasteiger partial charge in [-0.1, -0.05) is 27.2 Å². The second-order valence-electron chi connectivity index (χ2n) is 4.20. The zero-order valence-corrected chi connectivity index (χ0v) is 8.75. The smallest absolute Gasteiger partial charge is 0.165 e.